The number of benzene rings is 1. The Balaban J connectivity index is 2.21. The number of nitrogens with zero attached hydrogens (tertiary/aromatic N) is 1. The van der Waals surface area contributed by atoms with Gasteiger partial charge in [-0.15, -0.1) is 0 Å². The van der Waals surface area contributed by atoms with Crippen molar-refractivity contribution in [3.63, 3.8) is 0 Å². The number of hydrogen-bond donors (Lipinski definition) is 0. The lowest BCUT2D eigenvalue weighted by atomic mass is 9.89. The molecule has 0 N–H and O–H groups in total. The number of ether oxygens (including phenoxy) is 2. The van der Waals surface area contributed by atoms with Crippen LogP contribution in [0.15, 0.2) is 6.07 Å². The van der Waals surface area contributed by atoms with E-state index in [1.54, 1.807) is 0 Å². The molecule has 3 rings (SSSR count). The summed E-state index contributed by atoms with van der Waals surface area (Å²) in [4.78, 5) is 0. The number of hydrogen-bond acceptors (Lipinski definition) is 3. The lowest BCUT2D eigenvalue weighted by Gasteiger charge is -2.15. The Kier molecular flexibility index (Phi) is 2.44. The maximum atomic E-state index is 9.30. The SMILES string of the molecule is CCC(C#N)c1c2c(cc3c1OCC3)OCC2. The molecule has 2 heterocycles. The lowest BCUT2D eigenvalue weighted by molar-refractivity contribution is 0.352. The fourth-order valence-electron chi connectivity index (χ4n) is 2.75. The van der Waals surface area contributed by atoms with Crippen molar-refractivity contribution < 1.29 is 9.47 Å². The molecule has 0 saturated heterocycles. The monoisotopic (exact) mass is 229 g/mol. The largest absolute Gasteiger partial charge is 0.493 e. The van der Waals surface area contributed by atoms with E-state index < -0.39 is 0 Å². The summed E-state index contributed by atoms with van der Waals surface area (Å²) in [6.07, 6.45) is 2.66. The minimum atomic E-state index is -0.0708. The average molecular weight is 229 g/mol. The summed E-state index contributed by atoms with van der Waals surface area (Å²) in [5.74, 6) is 1.86. The zero-order valence-electron chi connectivity index (χ0n) is 9.95. The summed E-state index contributed by atoms with van der Waals surface area (Å²) >= 11 is 0. The molecule has 2 aliphatic heterocycles. The summed E-state index contributed by atoms with van der Waals surface area (Å²) in [6, 6.07) is 4.49. The molecule has 3 nitrogen and oxygen atoms in total. The molecule has 0 aliphatic carbocycles. The van der Waals surface area contributed by atoms with Crippen LogP contribution in [0.1, 0.15) is 36.0 Å². The van der Waals surface area contributed by atoms with Gasteiger partial charge in [-0.1, -0.05) is 6.92 Å². The summed E-state index contributed by atoms with van der Waals surface area (Å²) < 4.78 is 11.4. The number of rotatable bonds is 2. The smallest absolute Gasteiger partial charge is 0.127 e. The van der Waals surface area contributed by atoms with Crippen molar-refractivity contribution in [2.45, 2.75) is 32.1 Å². The van der Waals surface area contributed by atoms with Crippen molar-refractivity contribution in [1.29, 1.82) is 5.26 Å². The molecular weight excluding hydrogens is 214 g/mol. The van der Waals surface area contributed by atoms with Crippen LogP contribution in [-0.2, 0) is 12.8 Å². The van der Waals surface area contributed by atoms with Gasteiger partial charge >= 0.3 is 0 Å². The molecule has 0 saturated carbocycles. The van der Waals surface area contributed by atoms with E-state index in [0.717, 1.165) is 49.5 Å². The third-order valence-corrected chi connectivity index (χ3v) is 3.60. The predicted octanol–water partition coefficient (Wildman–Crippen LogP) is 2.57. The topological polar surface area (TPSA) is 42.2 Å². The second-order valence-electron chi connectivity index (χ2n) is 4.54. The zero-order chi connectivity index (χ0) is 11.8. The first-order valence-corrected chi connectivity index (χ1v) is 6.19. The molecule has 0 spiro atoms. The van der Waals surface area contributed by atoms with Crippen molar-refractivity contribution >= 4 is 0 Å². The van der Waals surface area contributed by atoms with Gasteiger partial charge in [-0.2, -0.15) is 5.26 Å². The van der Waals surface area contributed by atoms with Crippen molar-refractivity contribution in [3.8, 4) is 17.6 Å². The number of nitriles is 1. The maximum Gasteiger partial charge on any atom is 0.127 e. The second kappa shape index (κ2) is 3.96. The van der Waals surface area contributed by atoms with Crippen LogP contribution in [0.25, 0.3) is 0 Å². The van der Waals surface area contributed by atoms with Crippen molar-refractivity contribution in [1.82, 2.24) is 0 Å². The summed E-state index contributed by atoms with van der Waals surface area (Å²) in [5.41, 5.74) is 3.49. The minimum Gasteiger partial charge on any atom is -0.493 e. The van der Waals surface area contributed by atoms with Gasteiger partial charge in [0.15, 0.2) is 0 Å². The van der Waals surface area contributed by atoms with E-state index in [0.29, 0.717) is 0 Å². The fraction of sp³-hybridized carbons (Fsp3) is 0.500. The third-order valence-electron chi connectivity index (χ3n) is 3.60. The fourth-order valence-corrected chi connectivity index (χ4v) is 2.75. The second-order valence-corrected chi connectivity index (χ2v) is 4.54. The van der Waals surface area contributed by atoms with Gasteiger partial charge in [0.05, 0.1) is 25.2 Å². The van der Waals surface area contributed by atoms with Gasteiger partial charge in [0.1, 0.15) is 11.5 Å². The maximum absolute atomic E-state index is 9.30. The highest BCUT2D eigenvalue weighted by molar-refractivity contribution is 5.59. The molecule has 1 aromatic carbocycles. The van der Waals surface area contributed by atoms with Gasteiger partial charge < -0.3 is 9.47 Å². The van der Waals surface area contributed by atoms with Crippen LogP contribution in [0.2, 0.25) is 0 Å². The van der Waals surface area contributed by atoms with Crippen LogP contribution in [0.3, 0.4) is 0 Å². The molecule has 0 bridgehead atoms. The first-order valence-electron chi connectivity index (χ1n) is 6.19. The normalized spacial score (nSPS) is 17.6. The predicted molar refractivity (Wildman–Crippen MR) is 63.5 cm³/mol. The Morgan fingerprint density at radius 1 is 1.35 bits per heavy atom. The summed E-state index contributed by atoms with van der Waals surface area (Å²) in [6.45, 7) is 3.50. The Morgan fingerprint density at radius 3 is 2.94 bits per heavy atom. The van der Waals surface area contributed by atoms with Crippen molar-refractivity contribution in [2.24, 2.45) is 0 Å². The first-order chi connectivity index (χ1) is 8.35. The lowest BCUT2D eigenvalue weighted by Crippen LogP contribution is -2.02. The number of fused-ring (bicyclic) bond motifs is 2. The minimum absolute atomic E-state index is 0.0708. The van der Waals surface area contributed by atoms with E-state index in [9.17, 15) is 5.26 Å². The molecule has 3 heteroatoms. The van der Waals surface area contributed by atoms with Gasteiger partial charge in [-0.05, 0) is 12.5 Å². The first kappa shape index (κ1) is 10.5. The molecule has 1 atom stereocenters. The molecule has 2 aliphatic rings. The van der Waals surface area contributed by atoms with Crippen LogP contribution in [-0.4, -0.2) is 13.2 Å². The van der Waals surface area contributed by atoms with Crippen LogP contribution in [0.5, 0.6) is 11.5 Å². The highest BCUT2D eigenvalue weighted by Gasteiger charge is 2.29. The van der Waals surface area contributed by atoms with E-state index in [-0.39, 0.29) is 5.92 Å². The Morgan fingerprint density at radius 2 is 2.18 bits per heavy atom. The standard InChI is InChI=1S/C14H15NO2/c1-2-9(8-15)13-11-4-6-16-12(11)7-10-3-5-17-14(10)13/h7,9H,2-6H2,1H3. The highest BCUT2D eigenvalue weighted by atomic mass is 16.5. The van der Waals surface area contributed by atoms with E-state index >= 15 is 0 Å². The van der Waals surface area contributed by atoms with Gasteiger partial charge in [0, 0.05) is 29.5 Å². The molecule has 1 unspecified atom stereocenters. The molecule has 0 amide bonds. The van der Waals surface area contributed by atoms with Crippen LogP contribution in [0.4, 0.5) is 0 Å². The quantitative estimate of drug-likeness (QED) is 0.782. The van der Waals surface area contributed by atoms with E-state index in [4.69, 9.17) is 9.47 Å². The van der Waals surface area contributed by atoms with Crippen molar-refractivity contribution in [2.75, 3.05) is 13.2 Å². The third kappa shape index (κ3) is 1.48. The molecule has 0 radical (unpaired) electrons. The van der Waals surface area contributed by atoms with Gasteiger partial charge in [0.25, 0.3) is 0 Å². The van der Waals surface area contributed by atoms with Gasteiger partial charge in [-0.3, -0.25) is 0 Å². The van der Waals surface area contributed by atoms with Crippen LogP contribution in [0, 0.1) is 11.3 Å². The zero-order valence-corrected chi connectivity index (χ0v) is 9.95. The molecule has 0 fully saturated rings. The Hall–Kier alpha value is -1.69. The summed E-state index contributed by atoms with van der Waals surface area (Å²) in [5, 5.41) is 9.30. The van der Waals surface area contributed by atoms with Gasteiger partial charge in [0.2, 0.25) is 0 Å². The molecule has 17 heavy (non-hydrogen) atoms. The van der Waals surface area contributed by atoms with E-state index in [1.165, 1.54) is 11.1 Å². The summed E-state index contributed by atoms with van der Waals surface area (Å²) in [7, 11) is 0. The van der Waals surface area contributed by atoms with Gasteiger partial charge in [-0.25, -0.2) is 0 Å². The molecular formula is C14H15NO2. The average Bonchev–Trinajstić information content (AvgIpc) is 2.96. The highest BCUT2D eigenvalue weighted by Crippen LogP contribution is 2.44. The van der Waals surface area contributed by atoms with Crippen LogP contribution >= 0.6 is 0 Å². The molecule has 88 valence electrons. The van der Waals surface area contributed by atoms with E-state index in [1.807, 2.05) is 6.92 Å². The molecule has 0 aromatic heterocycles. The molecule has 1 aromatic rings. The van der Waals surface area contributed by atoms with E-state index in [2.05, 4.69) is 12.1 Å². The Labute approximate surface area is 101 Å². The Bertz CT molecular complexity index is 470. The van der Waals surface area contributed by atoms with Crippen LogP contribution < -0.4 is 9.47 Å². The van der Waals surface area contributed by atoms with Crippen molar-refractivity contribution in [3.05, 3.63) is 22.8 Å².